The molecule has 0 saturated heterocycles. The third-order valence-corrected chi connectivity index (χ3v) is 3.78. The number of rotatable bonds is 5. The van der Waals surface area contributed by atoms with Gasteiger partial charge in [0, 0.05) is 11.6 Å². The van der Waals surface area contributed by atoms with E-state index in [9.17, 15) is 0 Å². The summed E-state index contributed by atoms with van der Waals surface area (Å²) in [5.74, 6) is 0.975. The molecule has 1 atom stereocenters. The van der Waals surface area contributed by atoms with E-state index in [1.54, 1.807) is 11.3 Å². The molecular formula is C15H19NOS. The van der Waals surface area contributed by atoms with Crippen LogP contribution >= 0.6 is 11.3 Å². The topological polar surface area (TPSA) is 21.3 Å². The van der Waals surface area contributed by atoms with Crippen LogP contribution in [0.3, 0.4) is 0 Å². The predicted molar refractivity (Wildman–Crippen MR) is 77.3 cm³/mol. The van der Waals surface area contributed by atoms with Crippen LogP contribution in [0.2, 0.25) is 0 Å². The molecule has 1 N–H and O–H groups in total. The lowest BCUT2D eigenvalue weighted by Gasteiger charge is -2.17. The maximum absolute atomic E-state index is 5.95. The van der Waals surface area contributed by atoms with Gasteiger partial charge in [0.25, 0.3) is 0 Å². The second-order valence-electron chi connectivity index (χ2n) is 4.47. The molecule has 1 aromatic heterocycles. The second kappa shape index (κ2) is 6.03. The van der Waals surface area contributed by atoms with Crippen LogP contribution in [-0.4, -0.2) is 7.05 Å². The van der Waals surface area contributed by atoms with Crippen LogP contribution in [0.5, 0.6) is 5.75 Å². The number of benzene rings is 1. The Morgan fingerprint density at radius 3 is 2.83 bits per heavy atom. The molecule has 3 heteroatoms. The molecule has 2 rings (SSSR count). The molecule has 0 saturated carbocycles. The molecular weight excluding hydrogens is 242 g/mol. The zero-order valence-electron chi connectivity index (χ0n) is 11.1. The van der Waals surface area contributed by atoms with Gasteiger partial charge in [-0.15, -0.1) is 0 Å². The van der Waals surface area contributed by atoms with E-state index in [1.807, 2.05) is 7.05 Å². The lowest BCUT2D eigenvalue weighted by Crippen LogP contribution is -2.13. The van der Waals surface area contributed by atoms with E-state index in [0.717, 1.165) is 5.75 Å². The van der Waals surface area contributed by atoms with Crippen molar-refractivity contribution in [3.63, 3.8) is 0 Å². The van der Waals surface area contributed by atoms with Crippen LogP contribution in [0.25, 0.3) is 0 Å². The summed E-state index contributed by atoms with van der Waals surface area (Å²) in [7, 11) is 1.97. The molecule has 0 radical (unpaired) electrons. The van der Waals surface area contributed by atoms with Gasteiger partial charge in [-0.05, 0) is 54.9 Å². The van der Waals surface area contributed by atoms with E-state index in [0.29, 0.717) is 12.6 Å². The summed E-state index contributed by atoms with van der Waals surface area (Å²) in [6.45, 7) is 4.86. The summed E-state index contributed by atoms with van der Waals surface area (Å²) < 4.78 is 5.95. The summed E-state index contributed by atoms with van der Waals surface area (Å²) in [6.07, 6.45) is 0. The molecule has 0 aliphatic rings. The van der Waals surface area contributed by atoms with Gasteiger partial charge >= 0.3 is 0 Å². The summed E-state index contributed by atoms with van der Waals surface area (Å²) >= 11 is 1.70. The van der Waals surface area contributed by atoms with Crippen molar-refractivity contribution < 1.29 is 4.74 Å². The summed E-state index contributed by atoms with van der Waals surface area (Å²) in [5, 5.41) is 7.45. The highest BCUT2D eigenvalue weighted by molar-refractivity contribution is 7.07. The number of hydrogen-bond acceptors (Lipinski definition) is 3. The predicted octanol–water partition coefficient (Wildman–Crippen LogP) is 3.92. The minimum Gasteiger partial charge on any atom is -0.489 e. The van der Waals surface area contributed by atoms with Gasteiger partial charge in [-0.1, -0.05) is 12.1 Å². The van der Waals surface area contributed by atoms with Gasteiger partial charge in [-0.2, -0.15) is 11.3 Å². The lowest BCUT2D eigenvalue weighted by atomic mass is 10.1. The van der Waals surface area contributed by atoms with Crippen molar-refractivity contribution in [2.75, 3.05) is 7.05 Å². The van der Waals surface area contributed by atoms with Gasteiger partial charge in [-0.25, -0.2) is 0 Å². The number of aryl methyl sites for hydroxylation is 1. The van der Waals surface area contributed by atoms with E-state index < -0.39 is 0 Å². The van der Waals surface area contributed by atoms with E-state index in [-0.39, 0.29) is 0 Å². The van der Waals surface area contributed by atoms with E-state index in [2.05, 4.69) is 54.2 Å². The Kier molecular flexibility index (Phi) is 4.39. The molecule has 18 heavy (non-hydrogen) atoms. The number of nitrogens with one attached hydrogen (secondary N) is 1. The maximum atomic E-state index is 5.95. The first kappa shape index (κ1) is 13.1. The Morgan fingerprint density at radius 2 is 2.17 bits per heavy atom. The third kappa shape index (κ3) is 3.12. The average Bonchev–Trinajstić information content (AvgIpc) is 2.88. The summed E-state index contributed by atoms with van der Waals surface area (Å²) in [6, 6.07) is 8.76. The Hall–Kier alpha value is -1.32. The molecule has 96 valence electrons. The zero-order chi connectivity index (χ0) is 13.0. The maximum Gasteiger partial charge on any atom is 0.124 e. The van der Waals surface area contributed by atoms with Crippen molar-refractivity contribution >= 4 is 11.3 Å². The van der Waals surface area contributed by atoms with Gasteiger partial charge in [-0.3, -0.25) is 0 Å². The quantitative estimate of drug-likeness (QED) is 0.881. The first-order chi connectivity index (χ1) is 8.70. The fourth-order valence-corrected chi connectivity index (χ4v) is 2.47. The fraction of sp³-hybridized carbons (Fsp3) is 0.333. The van der Waals surface area contributed by atoms with E-state index >= 15 is 0 Å². The third-order valence-electron chi connectivity index (χ3n) is 3.04. The number of ether oxygens (including phenoxy) is 1. The van der Waals surface area contributed by atoms with Crippen molar-refractivity contribution in [3.8, 4) is 5.75 Å². The van der Waals surface area contributed by atoms with Crippen LogP contribution < -0.4 is 10.1 Å². The van der Waals surface area contributed by atoms with Gasteiger partial charge in [0.2, 0.25) is 0 Å². The first-order valence-electron chi connectivity index (χ1n) is 6.12. The molecule has 0 aliphatic carbocycles. The largest absolute Gasteiger partial charge is 0.489 e. The molecule has 2 aromatic rings. The lowest BCUT2D eigenvalue weighted by molar-refractivity contribution is 0.300. The summed E-state index contributed by atoms with van der Waals surface area (Å²) in [5.41, 5.74) is 3.66. The standard InChI is InChI=1S/C15H19NOS/c1-11-4-5-14(12(2)16-3)15(8-11)17-9-13-6-7-18-10-13/h4-8,10,12,16H,9H2,1-3H3. The molecule has 1 aromatic carbocycles. The molecule has 0 spiro atoms. The van der Waals surface area contributed by atoms with Crippen LogP contribution in [0.1, 0.15) is 29.7 Å². The van der Waals surface area contributed by atoms with Crippen molar-refractivity contribution in [1.82, 2.24) is 5.32 Å². The van der Waals surface area contributed by atoms with Gasteiger partial charge in [0.1, 0.15) is 12.4 Å². The SMILES string of the molecule is CNC(C)c1ccc(C)cc1OCc1ccsc1. The van der Waals surface area contributed by atoms with Crippen LogP contribution in [0, 0.1) is 6.92 Å². The van der Waals surface area contributed by atoms with Gasteiger partial charge in [0.05, 0.1) is 0 Å². The Morgan fingerprint density at radius 1 is 1.33 bits per heavy atom. The van der Waals surface area contributed by atoms with E-state index in [4.69, 9.17) is 4.74 Å². The Labute approximate surface area is 113 Å². The molecule has 0 fully saturated rings. The van der Waals surface area contributed by atoms with Crippen molar-refractivity contribution in [2.45, 2.75) is 26.5 Å². The zero-order valence-corrected chi connectivity index (χ0v) is 11.9. The highest BCUT2D eigenvalue weighted by atomic mass is 32.1. The van der Waals surface area contributed by atoms with Crippen LogP contribution in [-0.2, 0) is 6.61 Å². The number of thiophene rings is 1. The highest BCUT2D eigenvalue weighted by Crippen LogP contribution is 2.27. The smallest absolute Gasteiger partial charge is 0.124 e. The minimum absolute atomic E-state index is 0.295. The normalized spacial score (nSPS) is 12.4. The van der Waals surface area contributed by atoms with Crippen LogP contribution in [0.15, 0.2) is 35.0 Å². The minimum atomic E-state index is 0.295. The Balaban J connectivity index is 2.17. The van der Waals surface area contributed by atoms with Crippen molar-refractivity contribution in [2.24, 2.45) is 0 Å². The number of hydrogen-bond donors (Lipinski definition) is 1. The first-order valence-corrected chi connectivity index (χ1v) is 7.06. The average molecular weight is 261 g/mol. The van der Waals surface area contributed by atoms with Crippen molar-refractivity contribution in [1.29, 1.82) is 0 Å². The molecule has 0 aliphatic heterocycles. The van der Waals surface area contributed by atoms with Gasteiger partial charge in [0.15, 0.2) is 0 Å². The monoisotopic (exact) mass is 261 g/mol. The summed E-state index contributed by atoms with van der Waals surface area (Å²) in [4.78, 5) is 0. The highest BCUT2D eigenvalue weighted by Gasteiger charge is 2.10. The fourth-order valence-electron chi connectivity index (χ4n) is 1.82. The molecule has 0 amide bonds. The molecule has 0 bridgehead atoms. The van der Waals surface area contributed by atoms with Crippen LogP contribution in [0.4, 0.5) is 0 Å². The van der Waals surface area contributed by atoms with Crippen molar-refractivity contribution in [3.05, 3.63) is 51.7 Å². The van der Waals surface area contributed by atoms with E-state index in [1.165, 1.54) is 16.7 Å². The Bertz CT molecular complexity index is 493. The molecule has 1 heterocycles. The second-order valence-corrected chi connectivity index (χ2v) is 5.25. The molecule has 2 nitrogen and oxygen atoms in total. The molecule has 1 unspecified atom stereocenters. The van der Waals surface area contributed by atoms with Gasteiger partial charge < -0.3 is 10.1 Å².